The van der Waals surface area contributed by atoms with Gasteiger partial charge < -0.3 is 34.4 Å². The first-order chi connectivity index (χ1) is 31.1. The molecule has 0 radical (unpaired) electrons. The summed E-state index contributed by atoms with van der Waals surface area (Å²) in [5.74, 6) is 0.0813. The van der Waals surface area contributed by atoms with Crippen molar-refractivity contribution in [1.82, 2.24) is 29.9 Å². The van der Waals surface area contributed by atoms with Crippen molar-refractivity contribution in [2.24, 2.45) is 0 Å². The van der Waals surface area contributed by atoms with E-state index in [1.165, 1.54) is 33.4 Å². The van der Waals surface area contributed by atoms with Crippen molar-refractivity contribution in [3.05, 3.63) is 149 Å². The first-order valence-electron chi connectivity index (χ1n) is 22.3. The number of aryl methyl sites for hydroxylation is 2. The van der Waals surface area contributed by atoms with Crippen LogP contribution in [0.15, 0.2) is 122 Å². The number of nitrogens with one attached hydrogen (secondary N) is 1. The van der Waals surface area contributed by atoms with Crippen LogP contribution in [-0.4, -0.2) is 133 Å². The fourth-order valence-corrected chi connectivity index (χ4v) is 10.1. The molecule has 5 aromatic rings. The van der Waals surface area contributed by atoms with Crippen LogP contribution in [0.3, 0.4) is 0 Å². The lowest BCUT2D eigenvalue weighted by Gasteiger charge is -2.59. The van der Waals surface area contributed by atoms with Gasteiger partial charge in [0.2, 0.25) is 11.8 Å². The first-order valence-corrected chi connectivity index (χ1v) is 22.3. The average Bonchev–Trinajstić information content (AvgIpc) is 3.30. The number of aromatic nitrogens is 1. The van der Waals surface area contributed by atoms with E-state index in [2.05, 4.69) is 121 Å². The van der Waals surface area contributed by atoms with Crippen molar-refractivity contribution in [2.75, 3.05) is 60.2 Å². The number of amides is 5. The van der Waals surface area contributed by atoms with E-state index in [0.29, 0.717) is 38.4 Å². The molecule has 4 aliphatic rings. The molecule has 0 bridgehead atoms. The molecule has 0 spiro atoms. The Balaban J connectivity index is 0.000000175. The van der Waals surface area contributed by atoms with Crippen LogP contribution in [-0.2, 0) is 19.1 Å². The highest BCUT2D eigenvalue weighted by atomic mass is 16.5. The minimum absolute atomic E-state index is 0.00224. The Bertz CT molecular complexity index is 2450. The normalized spacial score (nSPS) is 22.3. The van der Waals surface area contributed by atoms with Gasteiger partial charge >= 0.3 is 6.03 Å². The lowest BCUT2D eigenvalue weighted by molar-refractivity contribution is -0.161. The Kier molecular flexibility index (Phi) is 13.5. The third kappa shape index (κ3) is 9.03. The Morgan fingerprint density at radius 3 is 1.61 bits per heavy atom. The molecule has 64 heavy (non-hydrogen) atoms. The van der Waals surface area contributed by atoms with E-state index in [-0.39, 0.29) is 72.8 Å². The molecule has 0 aliphatic carbocycles. The first kappa shape index (κ1) is 44.2. The number of piperazine rings is 2. The van der Waals surface area contributed by atoms with E-state index in [1.54, 1.807) is 48.5 Å². The molecule has 1 aromatic heterocycles. The van der Waals surface area contributed by atoms with Crippen LogP contribution >= 0.6 is 0 Å². The third-order valence-corrected chi connectivity index (χ3v) is 13.1. The molecule has 5 amide bonds. The summed E-state index contributed by atoms with van der Waals surface area (Å²) in [5, 5.41) is 2.89. The smallest absolute Gasteiger partial charge is 0.317 e. The number of nitrogens with zero attached hydrogens (tertiary/aromatic N) is 5. The van der Waals surface area contributed by atoms with Gasteiger partial charge in [-0.3, -0.25) is 19.4 Å². The Hall–Kier alpha value is -6.37. The van der Waals surface area contributed by atoms with Gasteiger partial charge in [-0.05, 0) is 65.8 Å². The largest absolute Gasteiger partial charge is 0.383 e. The van der Waals surface area contributed by atoms with E-state index in [1.807, 2.05) is 16.7 Å². The highest BCUT2D eigenvalue weighted by molar-refractivity contribution is 5.97. The van der Waals surface area contributed by atoms with Gasteiger partial charge in [0.05, 0.1) is 42.9 Å². The maximum atomic E-state index is 13.0. The summed E-state index contributed by atoms with van der Waals surface area (Å²) in [4.78, 5) is 62.5. The molecule has 332 valence electrons. The molecule has 4 fully saturated rings. The van der Waals surface area contributed by atoms with Crippen molar-refractivity contribution < 1.29 is 28.7 Å². The van der Waals surface area contributed by atoms with E-state index in [4.69, 9.17) is 9.47 Å². The fraction of sp³-hybridized carbons (Fsp3) is 0.365. The van der Waals surface area contributed by atoms with Crippen molar-refractivity contribution in [1.29, 1.82) is 0 Å². The molecule has 6 atom stereocenters. The molecule has 0 unspecified atom stereocenters. The number of benzene rings is 4. The third-order valence-electron chi connectivity index (χ3n) is 13.1. The second kappa shape index (κ2) is 19.6. The van der Waals surface area contributed by atoms with E-state index >= 15 is 0 Å². The van der Waals surface area contributed by atoms with Gasteiger partial charge in [0, 0.05) is 58.1 Å². The summed E-state index contributed by atoms with van der Waals surface area (Å²) in [7, 11) is 3.34. The van der Waals surface area contributed by atoms with Crippen LogP contribution in [0.2, 0.25) is 0 Å². The molecule has 0 saturated carbocycles. The molecule has 9 rings (SSSR count). The van der Waals surface area contributed by atoms with Crippen LogP contribution in [0.4, 0.5) is 4.79 Å². The van der Waals surface area contributed by atoms with Gasteiger partial charge in [0.1, 0.15) is 13.1 Å². The fourth-order valence-electron chi connectivity index (χ4n) is 10.1. The molecule has 4 aliphatic heterocycles. The standard InChI is InChI=1S/C27H27N3O3.C25H31N3O3/c1-18-5-3-6-21(13-18)19-8-10-20(11-9-19)26-23-15-29(27(32)22-7-4-12-28-14-22)16-25(31)30(23)24(26)17-33-2;1-4-12-26-25(30)27-14-21-24(22(16-31-3)28(21)23(29)15-27)19-10-8-18(9-11-19)20-7-5-6-17(2)13-20/h3-14,23-24,26H,15-17H2,1-2H3;5-11,13,21-22,24H,4,12,14-16H2,1-3H3,(H,26,30)/t23-,24+,26-;21-,22+,24-/m10/s1. The number of carbonyl (C=O) groups is 4. The van der Waals surface area contributed by atoms with Crippen LogP contribution in [0.5, 0.6) is 0 Å². The van der Waals surface area contributed by atoms with Crippen LogP contribution in [0, 0.1) is 13.8 Å². The van der Waals surface area contributed by atoms with Gasteiger partial charge in [-0.25, -0.2) is 4.79 Å². The summed E-state index contributed by atoms with van der Waals surface area (Å²) in [6, 6.07) is 37.3. The van der Waals surface area contributed by atoms with Gasteiger partial charge in [0.15, 0.2) is 0 Å². The zero-order valence-corrected chi connectivity index (χ0v) is 37.4. The van der Waals surface area contributed by atoms with Crippen LogP contribution in [0.25, 0.3) is 22.3 Å². The maximum Gasteiger partial charge on any atom is 0.317 e. The highest BCUT2D eigenvalue weighted by Gasteiger charge is 2.56. The molecule has 1 N–H and O–H groups in total. The Morgan fingerprint density at radius 2 is 1.16 bits per heavy atom. The van der Waals surface area contributed by atoms with Crippen LogP contribution in [0.1, 0.15) is 57.8 Å². The predicted octanol–water partition coefficient (Wildman–Crippen LogP) is 6.93. The number of ether oxygens (including phenoxy) is 2. The number of urea groups is 1. The Labute approximate surface area is 376 Å². The average molecular weight is 863 g/mol. The number of methoxy groups -OCH3 is 2. The van der Waals surface area contributed by atoms with Crippen LogP contribution < -0.4 is 5.32 Å². The SMILES string of the molecule is CCCNC(=O)N1CC(=O)N2[C@H](COC)[C@@H](c3ccc(-c4cccc(C)c4)cc3)[C@@H]2C1.COC[C@H]1[C@H](c2ccc(-c3cccc(C)c3)cc2)[C@H]2CN(C(=O)c3cccnc3)CC(=O)N21. The predicted molar refractivity (Wildman–Crippen MR) is 247 cm³/mol. The summed E-state index contributed by atoms with van der Waals surface area (Å²) in [6.45, 7) is 9.06. The van der Waals surface area contributed by atoms with Gasteiger partial charge in [-0.2, -0.15) is 0 Å². The minimum atomic E-state index is -0.154. The number of hydrogen-bond donors (Lipinski definition) is 1. The Morgan fingerprint density at radius 1 is 0.656 bits per heavy atom. The van der Waals surface area contributed by atoms with E-state index in [9.17, 15) is 19.2 Å². The topological polar surface area (TPSA) is 125 Å². The number of fused-ring (bicyclic) bond motifs is 2. The van der Waals surface area contributed by atoms with Crippen molar-refractivity contribution in [2.45, 2.75) is 63.2 Å². The van der Waals surface area contributed by atoms with Crippen molar-refractivity contribution in [3.8, 4) is 22.3 Å². The lowest BCUT2D eigenvalue weighted by Crippen LogP contribution is -2.74. The van der Waals surface area contributed by atoms with Gasteiger partial charge in [0.25, 0.3) is 5.91 Å². The molecule has 4 saturated heterocycles. The lowest BCUT2D eigenvalue weighted by atomic mass is 9.73. The van der Waals surface area contributed by atoms with E-state index in [0.717, 1.165) is 17.5 Å². The van der Waals surface area contributed by atoms with Gasteiger partial charge in [-0.15, -0.1) is 0 Å². The molecule has 12 nitrogen and oxygen atoms in total. The zero-order chi connectivity index (χ0) is 44.9. The second-order valence-corrected chi connectivity index (χ2v) is 17.4. The molecule has 12 heteroatoms. The summed E-state index contributed by atoms with van der Waals surface area (Å²) in [5.41, 5.74) is 10.0. The summed E-state index contributed by atoms with van der Waals surface area (Å²) >= 11 is 0. The van der Waals surface area contributed by atoms with Gasteiger partial charge in [-0.1, -0.05) is 115 Å². The second-order valence-electron chi connectivity index (χ2n) is 17.4. The number of hydrogen-bond acceptors (Lipinski definition) is 7. The van der Waals surface area contributed by atoms with Crippen molar-refractivity contribution in [3.63, 3.8) is 0 Å². The quantitative estimate of drug-likeness (QED) is 0.153. The zero-order valence-electron chi connectivity index (χ0n) is 37.4. The summed E-state index contributed by atoms with van der Waals surface area (Å²) < 4.78 is 10.9. The molecular formula is C52H58N6O6. The molecule has 5 heterocycles. The number of pyridine rings is 1. The monoisotopic (exact) mass is 862 g/mol. The summed E-state index contributed by atoms with van der Waals surface area (Å²) in [6.07, 6.45) is 4.06. The molecule has 4 aromatic carbocycles. The minimum Gasteiger partial charge on any atom is -0.383 e. The number of rotatable bonds is 11. The van der Waals surface area contributed by atoms with Crippen molar-refractivity contribution >= 4 is 23.8 Å². The maximum absolute atomic E-state index is 13.0. The molecular weight excluding hydrogens is 805 g/mol. The van der Waals surface area contributed by atoms with E-state index < -0.39 is 0 Å². The highest BCUT2D eigenvalue weighted by Crippen LogP contribution is 2.45. The number of carbonyl (C=O) groups excluding carboxylic acids is 4.